The molecule has 114 valence electrons. The molecule has 2 aromatic carbocycles. The first-order chi connectivity index (χ1) is 10.7. The maximum atomic E-state index is 11.6. The molecule has 2 aromatic rings. The Balaban J connectivity index is 1.83. The monoisotopic (exact) mass is 299 g/mol. The minimum Gasteiger partial charge on any atom is -0.504 e. The topological polar surface area (TPSA) is 83.0 Å². The van der Waals surface area contributed by atoms with Crippen molar-refractivity contribution in [1.29, 1.82) is 0 Å². The van der Waals surface area contributed by atoms with Gasteiger partial charge in [0.2, 0.25) is 0 Å². The Morgan fingerprint density at radius 1 is 1.27 bits per heavy atom. The highest BCUT2D eigenvalue weighted by Crippen LogP contribution is 2.25. The average Bonchev–Trinajstić information content (AvgIpc) is 2.55. The van der Waals surface area contributed by atoms with Gasteiger partial charge in [-0.1, -0.05) is 18.2 Å². The molecule has 2 rings (SSSR count). The van der Waals surface area contributed by atoms with Crippen LogP contribution >= 0.6 is 0 Å². The zero-order valence-electron chi connectivity index (χ0n) is 12.1. The SMILES string of the molecule is COc1cc(/C=N\NC(=O)CNc2ccccc2)ccc1O. The Labute approximate surface area is 128 Å². The summed E-state index contributed by atoms with van der Waals surface area (Å²) in [6.45, 7) is 0.125. The van der Waals surface area contributed by atoms with Gasteiger partial charge in [-0.25, -0.2) is 5.43 Å². The number of rotatable bonds is 6. The summed E-state index contributed by atoms with van der Waals surface area (Å²) in [7, 11) is 1.47. The molecule has 0 spiro atoms. The van der Waals surface area contributed by atoms with Crippen molar-refractivity contribution in [3.8, 4) is 11.5 Å². The minimum atomic E-state index is -0.258. The fourth-order valence-corrected chi connectivity index (χ4v) is 1.73. The largest absolute Gasteiger partial charge is 0.504 e. The first-order valence-corrected chi connectivity index (χ1v) is 6.67. The number of hydrazone groups is 1. The number of carbonyl (C=O) groups excluding carboxylic acids is 1. The Hall–Kier alpha value is -3.02. The first kappa shape index (κ1) is 15.4. The fraction of sp³-hybridized carbons (Fsp3) is 0.125. The van der Waals surface area contributed by atoms with E-state index in [-0.39, 0.29) is 18.2 Å². The van der Waals surface area contributed by atoms with Gasteiger partial charge in [0.25, 0.3) is 5.91 Å². The number of nitrogens with one attached hydrogen (secondary N) is 2. The lowest BCUT2D eigenvalue weighted by Crippen LogP contribution is -2.25. The van der Waals surface area contributed by atoms with Crippen LogP contribution in [0, 0.1) is 0 Å². The van der Waals surface area contributed by atoms with E-state index < -0.39 is 0 Å². The van der Waals surface area contributed by atoms with Crippen LogP contribution in [-0.4, -0.2) is 30.9 Å². The Kier molecular flexibility index (Phi) is 5.37. The number of phenols is 1. The van der Waals surface area contributed by atoms with Crippen LogP contribution in [-0.2, 0) is 4.79 Å². The third kappa shape index (κ3) is 4.52. The second kappa shape index (κ2) is 7.68. The van der Waals surface area contributed by atoms with E-state index in [1.807, 2.05) is 30.3 Å². The van der Waals surface area contributed by atoms with Gasteiger partial charge in [-0.2, -0.15) is 5.10 Å². The molecule has 22 heavy (non-hydrogen) atoms. The molecule has 0 bridgehead atoms. The lowest BCUT2D eigenvalue weighted by atomic mass is 10.2. The fourth-order valence-electron chi connectivity index (χ4n) is 1.73. The number of hydrogen-bond donors (Lipinski definition) is 3. The Morgan fingerprint density at radius 3 is 2.77 bits per heavy atom. The van der Waals surface area contributed by atoms with Crippen molar-refractivity contribution in [2.24, 2.45) is 5.10 Å². The van der Waals surface area contributed by atoms with Crippen molar-refractivity contribution in [1.82, 2.24) is 5.43 Å². The number of methoxy groups -OCH3 is 1. The molecule has 0 aliphatic rings. The number of aromatic hydroxyl groups is 1. The number of phenolic OH excluding ortho intramolecular Hbond substituents is 1. The molecule has 0 aliphatic heterocycles. The lowest BCUT2D eigenvalue weighted by molar-refractivity contribution is -0.119. The molecule has 1 amide bonds. The van der Waals surface area contributed by atoms with Crippen LogP contribution in [0.15, 0.2) is 53.6 Å². The second-order valence-electron chi connectivity index (χ2n) is 4.44. The van der Waals surface area contributed by atoms with Crippen LogP contribution in [0.25, 0.3) is 0 Å². The summed E-state index contributed by atoms with van der Waals surface area (Å²) in [4.78, 5) is 11.6. The standard InChI is InChI=1S/C16H17N3O3/c1-22-15-9-12(7-8-14(15)20)10-18-19-16(21)11-17-13-5-3-2-4-6-13/h2-10,17,20H,11H2,1H3,(H,19,21)/b18-10-. The average molecular weight is 299 g/mol. The van der Waals surface area contributed by atoms with Crippen molar-refractivity contribution in [3.05, 3.63) is 54.1 Å². The predicted octanol–water partition coefficient (Wildman–Crippen LogP) is 1.96. The van der Waals surface area contributed by atoms with Crippen molar-refractivity contribution < 1.29 is 14.6 Å². The predicted molar refractivity (Wildman–Crippen MR) is 85.3 cm³/mol. The summed E-state index contributed by atoms with van der Waals surface area (Å²) in [5.41, 5.74) is 3.98. The molecule has 0 heterocycles. The van der Waals surface area contributed by atoms with Gasteiger partial charge in [-0.3, -0.25) is 4.79 Å². The van der Waals surface area contributed by atoms with Gasteiger partial charge in [-0.05, 0) is 35.9 Å². The van der Waals surface area contributed by atoms with E-state index in [0.717, 1.165) is 5.69 Å². The molecule has 0 radical (unpaired) electrons. The van der Waals surface area contributed by atoms with Gasteiger partial charge >= 0.3 is 0 Å². The lowest BCUT2D eigenvalue weighted by Gasteiger charge is -2.05. The van der Waals surface area contributed by atoms with E-state index in [1.165, 1.54) is 19.4 Å². The van der Waals surface area contributed by atoms with E-state index >= 15 is 0 Å². The number of amides is 1. The van der Waals surface area contributed by atoms with E-state index in [9.17, 15) is 9.90 Å². The van der Waals surface area contributed by atoms with Gasteiger partial charge in [0.15, 0.2) is 11.5 Å². The van der Waals surface area contributed by atoms with Crippen LogP contribution in [0.4, 0.5) is 5.69 Å². The highest BCUT2D eigenvalue weighted by molar-refractivity contribution is 5.84. The summed E-state index contributed by atoms with van der Waals surface area (Å²) >= 11 is 0. The van der Waals surface area contributed by atoms with E-state index in [0.29, 0.717) is 11.3 Å². The molecule has 6 heteroatoms. The van der Waals surface area contributed by atoms with Gasteiger partial charge in [0.1, 0.15) is 0 Å². The molecule has 0 aromatic heterocycles. The quantitative estimate of drug-likeness (QED) is 0.562. The van der Waals surface area contributed by atoms with E-state index in [1.54, 1.807) is 12.1 Å². The number of nitrogens with zero attached hydrogens (tertiary/aromatic N) is 1. The Bertz CT molecular complexity index is 657. The van der Waals surface area contributed by atoms with Crippen LogP contribution in [0.3, 0.4) is 0 Å². The molecule has 0 atom stereocenters. The van der Waals surface area contributed by atoms with Gasteiger partial charge in [0.05, 0.1) is 19.9 Å². The van der Waals surface area contributed by atoms with Gasteiger partial charge < -0.3 is 15.2 Å². The highest BCUT2D eigenvalue weighted by atomic mass is 16.5. The summed E-state index contributed by atoms with van der Waals surface area (Å²) in [5, 5.41) is 16.3. The third-order valence-corrected chi connectivity index (χ3v) is 2.83. The summed E-state index contributed by atoms with van der Waals surface area (Å²) in [6.07, 6.45) is 1.47. The van der Waals surface area contributed by atoms with Crippen molar-refractivity contribution in [3.63, 3.8) is 0 Å². The highest BCUT2D eigenvalue weighted by Gasteiger charge is 2.01. The Morgan fingerprint density at radius 2 is 2.05 bits per heavy atom. The zero-order valence-corrected chi connectivity index (χ0v) is 12.1. The van der Waals surface area contributed by atoms with Gasteiger partial charge in [-0.15, -0.1) is 0 Å². The van der Waals surface area contributed by atoms with Crippen LogP contribution in [0.1, 0.15) is 5.56 Å². The minimum absolute atomic E-state index is 0.0516. The van der Waals surface area contributed by atoms with Crippen LogP contribution < -0.4 is 15.5 Å². The number of ether oxygens (including phenoxy) is 1. The molecular formula is C16H17N3O3. The number of benzene rings is 2. The van der Waals surface area contributed by atoms with Crippen LogP contribution in [0.5, 0.6) is 11.5 Å². The number of anilines is 1. The molecule has 3 N–H and O–H groups in total. The van der Waals surface area contributed by atoms with Crippen molar-refractivity contribution in [2.75, 3.05) is 19.0 Å². The number of hydrogen-bond acceptors (Lipinski definition) is 5. The summed E-state index contributed by atoms with van der Waals surface area (Å²) < 4.78 is 4.99. The smallest absolute Gasteiger partial charge is 0.259 e. The second-order valence-corrected chi connectivity index (χ2v) is 4.44. The van der Waals surface area contributed by atoms with Crippen LogP contribution in [0.2, 0.25) is 0 Å². The van der Waals surface area contributed by atoms with E-state index in [4.69, 9.17) is 4.74 Å². The molecule has 6 nitrogen and oxygen atoms in total. The zero-order chi connectivity index (χ0) is 15.8. The molecule has 0 saturated carbocycles. The van der Waals surface area contributed by atoms with Crippen molar-refractivity contribution in [2.45, 2.75) is 0 Å². The summed E-state index contributed by atoms with van der Waals surface area (Å²) in [6, 6.07) is 14.2. The first-order valence-electron chi connectivity index (χ1n) is 6.67. The maximum absolute atomic E-state index is 11.6. The summed E-state index contributed by atoms with van der Waals surface area (Å²) in [5.74, 6) is 0.141. The van der Waals surface area contributed by atoms with E-state index in [2.05, 4.69) is 15.8 Å². The number of carbonyl (C=O) groups is 1. The van der Waals surface area contributed by atoms with Crippen molar-refractivity contribution >= 4 is 17.8 Å². The molecule has 0 aliphatic carbocycles. The molecule has 0 saturated heterocycles. The third-order valence-electron chi connectivity index (χ3n) is 2.83. The molecular weight excluding hydrogens is 282 g/mol. The number of para-hydroxylation sites is 1. The molecule has 0 unspecified atom stereocenters. The normalized spacial score (nSPS) is 10.4. The molecule has 0 fully saturated rings. The maximum Gasteiger partial charge on any atom is 0.259 e. The van der Waals surface area contributed by atoms with Gasteiger partial charge in [0, 0.05) is 5.69 Å².